The van der Waals surface area contributed by atoms with E-state index in [4.69, 9.17) is 0 Å². The minimum Gasteiger partial charge on any atom is -0.0885 e. The quantitative estimate of drug-likeness (QED) is 0.425. The van der Waals surface area contributed by atoms with Crippen molar-refractivity contribution in [2.24, 2.45) is 0 Å². The average molecular weight is 248 g/mol. The van der Waals surface area contributed by atoms with Crippen molar-refractivity contribution >= 4 is 0 Å². The SMILES string of the molecule is C1=CCCCC1.C1=CCCCCCCCCCC1. The Morgan fingerprint density at radius 3 is 0.833 bits per heavy atom. The van der Waals surface area contributed by atoms with Crippen molar-refractivity contribution in [3.05, 3.63) is 24.3 Å². The highest BCUT2D eigenvalue weighted by Crippen LogP contribution is 2.12. The minimum atomic E-state index is 1.32. The lowest BCUT2D eigenvalue weighted by molar-refractivity contribution is 0.566. The molecule has 0 saturated heterocycles. The van der Waals surface area contributed by atoms with Crippen LogP contribution in [0.15, 0.2) is 24.3 Å². The molecular weight excluding hydrogens is 216 g/mol. The summed E-state index contributed by atoms with van der Waals surface area (Å²) in [7, 11) is 0. The molecule has 0 aliphatic heterocycles. The Bertz CT molecular complexity index is 190. The zero-order valence-electron chi connectivity index (χ0n) is 12.2. The molecule has 0 N–H and O–H groups in total. The molecule has 104 valence electrons. The number of allylic oxidation sites excluding steroid dienone is 4. The van der Waals surface area contributed by atoms with E-state index in [1.165, 1.54) is 89.9 Å². The van der Waals surface area contributed by atoms with Crippen LogP contribution in [0.5, 0.6) is 0 Å². The van der Waals surface area contributed by atoms with Crippen LogP contribution in [0.2, 0.25) is 0 Å². The summed E-state index contributed by atoms with van der Waals surface area (Å²) in [5, 5.41) is 0. The van der Waals surface area contributed by atoms with E-state index in [1.54, 1.807) is 0 Å². The van der Waals surface area contributed by atoms with E-state index >= 15 is 0 Å². The highest BCUT2D eigenvalue weighted by atomic mass is 14.0. The van der Waals surface area contributed by atoms with Gasteiger partial charge in [0.2, 0.25) is 0 Å². The van der Waals surface area contributed by atoms with Crippen LogP contribution in [0.25, 0.3) is 0 Å². The third-order valence-corrected chi connectivity index (χ3v) is 3.82. The number of hydrogen-bond donors (Lipinski definition) is 0. The first kappa shape index (κ1) is 15.5. The monoisotopic (exact) mass is 248 g/mol. The first-order valence-electron chi connectivity index (χ1n) is 8.30. The van der Waals surface area contributed by atoms with Crippen LogP contribution in [0, 0.1) is 0 Å². The van der Waals surface area contributed by atoms with Crippen molar-refractivity contribution in [3.63, 3.8) is 0 Å². The highest BCUT2D eigenvalue weighted by molar-refractivity contribution is 4.85. The maximum absolute atomic E-state index is 2.38. The normalized spacial score (nSPS) is 22.2. The van der Waals surface area contributed by atoms with Crippen LogP contribution in [0.3, 0.4) is 0 Å². The molecule has 0 unspecified atom stereocenters. The van der Waals surface area contributed by atoms with Gasteiger partial charge >= 0.3 is 0 Å². The standard InChI is InChI=1S/C12H22.C6H10/c1-2-4-6-8-10-12-11-9-7-5-3-1;1-2-4-6-5-3-1/h1-2H,3-12H2;1-2H,3-6H2. The molecule has 0 saturated carbocycles. The van der Waals surface area contributed by atoms with Crippen molar-refractivity contribution in [2.75, 3.05) is 0 Å². The lowest BCUT2D eigenvalue weighted by Crippen LogP contribution is -1.82. The third-order valence-electron chi connectivity index (χ3n) is 3.82. The summed E-state index contributed by atoms with van der Waals surface area (Å²) >= 11 is 0. The van der Waals surface area contributed by atoms with Gasteiger partial charge in [0.05, 0.1) is 0 Å². The second kappa shape index (κ2) is 12.9. The van der Waals surface area contributed by atoms with Gasteiger partial charge in [0.25, 0.3) is 0 Å². The first-order chi connectivity index (χ1) is 9.00. The Morgan fingerprint density at radius 1 is 0.278 bits per heavy atom. The summed E-state index contributed by atoms with van der Waals surface area (Å²) in [6.07, 6.45) is 29.0. The van der Waals surface area contributed by atoms with E-state index in [2.05, 4.69) is 24.3 Å². The molecule has 0 nitrogen and oxygen atoms in total. The summed E-state index contributed by atoms with van der Waals surface area (Å²) in [6.45, 7) is 0. The van der Waals surface area contributed by atoms with Gasteiger partial charge in [0, 0.05) is 0 Å². The Kier molecular flexibility index (Phi) is 11.2. The molecule has 0 fully saturated rings. The van der Waals surface area contributed by atoms with Gasteiger partial charge in [-0.1, -0.05) is 62.8 Å². The Labute approximate surface area is 115 Å². The van der Waals surface area contributed by atoms with Crippen LogP contribution in [-0.4, -0.2) is 0 Å². The van der Waals surface area contributed by atoms with E-state index in [1.807, 2.05) is 0 Å². The molecule has 0 atom stereocenters. The molecule has 0 radical (unpaired) electrons. The molecular formula is C18H32. The van der Waals surface area contributed by atoms with E-state index in [0.717, 1.165) is 0 Å². The van der Waals surface area contributed by atoms with Crippen LogP contribution in [-0.2, 0) is 0 Å². The molecule has 18 heavy (non-hydrogen) atoms. The molecule has 0 aromatic heterocycles. The Balaban J connectivity index is 0.000000225. The average Bonchev–Trinajstić information content (AvgIpc) is 2.42. The summed E-state index contributed by atoms with van der Waals surface area (Å²) in [5.41, 5.74) is 0. The fourth-order valence-corrected chi connectivity index (χ4v) is 2.58. The van der Waals surface area contributed by atoms with Crippen molar-refractivity contribution in [1.29, 1.82) is 0 Å². The van der Waals surface area contributed by atoms with Gasteiger partial charge in [-0.3, -0.25) is 0 Å². The summed E-state index contributed by atoms with van der Waals surface area (Å²) in [4.78, 5) is 0. The molecule has 0 amide bonds. The maximum atomic E-state index is 2.38. The molecule has 0 heteroatoms. The maximum Gasteiger partial charge on any atom is -0.0351 e. The van der Waals surface area contributed by atoms with Crippen LogP contribution < -0.4 is 0 Å². The molecule has 2 rings (SSSR count). The second-order valence-corrected chi connectivity index (χ2v) is 5.63. The lowest BCUT2D eigenvalue weighted by Gasteiger charge is -2.02. The van der Waals surface area contributed by atoms with Crippen LogP contribution >= 0.6 is 0 Å². The van der Waals surface area contributed by atoms with Gasteiger partial charge < -0.3 is 0 Å². The van der Waals surface area contributed by atoms with E-state index in [9.17, 15) is 0 Å². The smallest absolute Gasteiger partial charge is 0.0351 e. The van der Waals surface area contributed by atoms with Crippen LogP contribution in [0.1, 0.15) is 89.9 Å². The Hall–Kier alpha value is -0.520. The van der Waals surface area contributed by atoms with E-state index < -0.39 is 0 Å². The molecule has 2 aliphatic rings. The molecule has 0 aromatic rings. The minimum absolute atomic E-state index is 1.32. The molecule has 0 spiro atoms. The predicted molar refractivity (Wildman–Crippen MR) is 82.9 cm³/mol. The zero-order valence-corrected chi connectivity index (χ0v) is 12.2. The van der Waals surface area contributed by atoms with Crippen LogP contribution in [0.4, 0.5) is 0 Å². The molecule has 0 heterocycles. The van der Waals surface area contributed by atoms with Crippen molar-refractivity contribution in [3.8, 4) is 0 Å². The van der Waals surface area contributed by atoms with Gasteiger partial charge in [-0.15, -0.1) is 0 Å². The largest absolute Gasteiger partial charge is 0.0885 e. The third kappa shape index (κ3) is 10.6. The van der Waals surface area contributed by atoms with E-state index in [0.29, 0.717) is 0 Å². The first-order valence-corrected chi connectivity index (χ1v) is 8.30. The van der Waals surface area contributed by atoms with Crippen molar-refractivity contribution in [2.45, 2.75) is 89.9 Å². The van der Waals surface area contributed by atoms with Gasteiger partial charge in [-0.25, -0.2) is 0 Å². The zero-order chi connectivity index (χ0) is 12.7. The van der Waals surface area contributed by atoms with Crippen molar-refractivity contribution in [1.82, 2.24) is 0 Å². The van der Waals surface area contributed by atoms with Gasteiger partial charge in [0.15, 0.2) is 0 Å². The summed E-state index contributed by atoms with van der Waals surface area (Å²) in [6, 6.07) is 0. The molecule has 2 aliphatic carbocycles. The summed E-state index contributed by atoms with van der Waals surface area (Å²) in [5.74, 6) is 0. The fraction of sp³-hybridized carbons (Fsp3) is 0.778. The fourth-order valence-electron chi connectivity index (χ4n) is 2.58. The lowest BCUT2D eigenvalue weighted by atomic mass is 10.0. The van der Waals surface area contributed by atoms with Gasteiger partial charge in [-0.2, -0.15) is 0 Å². The number of hydrogen-bond acceptors (Lipinski definition) is 0. The summed E-state index contributed by atoms with van der Waals surface area (Å²) < 4.78 is 0. The Morgan fingerprint density at radius 2 is 0.500 bits per heavy atom. The predicted octanol–water partition coefficient (Wildman–Crippen LogP) is 6.57. The number of rotatable bonds is 0. The van der Waals surface area contributed by atoms with Crippen molar-refractivity contribution < 1.29 is 0 Å². The second-order valence-electron chi connectivity index (χ2n) is 5.63. The molecule has 0 bridgehead atoms. The topological polar surface area (TPSA) is 0 Å². The highest BCUT2D eigenvalue weighted by Gasteiger charge is 1.92. The van der Waals surface area contributed by atoms with Gasteiger partial charge in [-0.05, 0) is 51.4 Å². The molecule has 0 aromatic carbocycles. The van der Waals surface area contributed by atoms with E-state index in [-0.39, 0.29) is 0 Å². The van der Waals surface area contributed by atoms with Gasteiger partial charge in [0.1, 0.15) is 0 Å².